The Bertz CT molecular complexity index is 793. The zero-order valence-electron chi connectivity index (χ0n) is 14.7. The lowest BCUT2D eigenvalue weighted by atomic mass is 10.2. The fraction of sp³-hybridized carbons (Fsp3) is 0.368. The smallest absolute Gasteiger partial charge is 0.238 e. The van der Waals surface area contributed by atoms with Gasteiger partial charge >= 0.3 is 0 Å². The average Bonchev–Trinajstić information content (AvgIpc) is 3.23. The molecule has 1 fully saturated rings. The number of anilines is 2. The number of likely N-dealkylation sites (N-methyl/N-ethyl adjacent to an activating group) is 1. The fourth-order valence-corrected chi connectivity index (χ4v) is 4.18. The minimum Gasteiger partial charge on any atom is -0.323 e. The topological polar surface area (TPSA) is 52.7 Å². The van der Waals surface area contributed by atoms with Crippen LogP contribution in [0.3, 0.4) is 0 Å². The number of thiophene rings is 1. The molecule has 2 amide bonds. The molecule has 2 heterocycles. The maximum Gasteiger partial charge on any atom is 0.238 e. The molecule has 7 heteroatoms. The quantitative estimate of drug-likeness (QED) is 0.776. The van der Waals surface area contributed by atoms with Gasteiger partial charge in [-0.1, -0.05) is 30.7 Å². The molecule has 0 atom stereocenters. The van der Waals surface area contributed by atoms with Crippen molar-refractivity contribution >= 4 is 46.1 Å². The van der Waals surface area contributed by atoms with E-state index in [1.54, 1.807) is 4.90 Å². The van der Waals surface area contributed by atoms with Crippen molar-refractivity contribution < 1.29 is 9.59 Å². The van der Waals surface area contributed by atoms with Crippen molar-refractivity contribution in [3.05, 3.63) is 45.6 Å². The standard InChI is InChI=1S/C19H22ClN3O2S/c1-2-22(12-14-9-10-17(20)26-14)13-18(24)21-15-6-3-4-7-16(15)23-11-5-8-19(23)25/h3-4,6-7,9-10H,2,5,8,11-13H2,1H3,(H,21,24). The third-order valence-corrected chi connectivity index (χ3v) is 5.58. The molecule has 0 saturated carbocycles. The average molecular weight is 392 g/mol. The lowest BCUT2D eigenvalue weighted by Crippen LogP contribution is -2.33. The second-order valence-corrected chi connectivity index (χ2v) is 8.02. The van der Waals surface area contributed by atoms with E-state index < -0.39 is 0 Å². The SMILES string of the molecule is CCN(CC(=O)Nc1ccccc1N1CCCC1=O)Cc1ccc(Cl)s1. The fourth-order valence-electron chi connectivity index (χ4n) is 3.05. The lowest BCUT2D eigenvalue weighted by Gasteiger charge is -2.22. The molecular formula is C19H22ClN3O2S. The van der Waals surface area contributed by atoms with E-state index in [1.165, 1.54) is 11.3 Å². The van der Waals surface area contributed by atoms with Crippen LogP contribution < -0.4 is 10.2 Å². The Hall–Kier alpha value is -1.89. The summed E-state index contributed by atoms with van der Waals surface area (Å²) in [5, 5.41) is 2.97. The third kappa shape index (κ3) is 4.63. The number of nitrogens with one attached hydrogen (secondary N) is 1. The summed E-state index contributed by atoms with van der Waals surface area (Å²) in [5.74, 6) is 0.0186. The van der Waals surface area contributed by atoms with Crippen LogP contribution >= 0.6 is 22.9 Å². The van der Waals surface area contributed by atoms with Crippen molar-refractivity contribution in [2.45, 2.75) is 26.3 Å². The van der Waals surface area contributed by atoms with Gasteiger partial charge in [0.1, 0.15) is 0 Å². The summed E-state index contributed by atoms with van der Waals surface area (Å²) < 4.78 is 0.754. The van der Waals surface area contributed by atoms with Crippen molar-refractivity contribution in [2.75, 3.05) is 29.9 Å². The molecule has 26 heavy (non-hydrogen) atoms. The van der Waals surface area contributed by atoms with E-state index in [0.717, 1.165) is 27.9 Å². The molecule has 1 aliphatic rings. The van der Waals surface area contributed by atoms with Gasteiger partial charge in [-0.15, -0.1) is 11.3 Å². The number of para-hydroxylation sites is 2. The number of rotatable bonds is 7. The summed E-state index contributed by atoms with van der Waals surface area (Å²) in [6.07, 6.45) is 1.42. The van der Waals surface area contributed by atoms with Crippen molar-refractivity contribution in [3.8, 4) is 0 Å². The van der Waals surface area contributed by atoms with Gasteiger partial charge in [-0.2, -0.15) is 0 Å². The predicted molar refractivity (Wildman–Crippen MR) is 107 cm³/mol. The van der Waals surface area contributed by atoms with Gasteiger partial charge in [0.15, 0.2) is 0 Å². The van der Waals surface area contributed by atoms with Crippen LogP contribution in [-0.4, -0.2) is 36.3 Å². The molecule has 138 valence electrons. The maximum absolute atomic E-state index is 12.5. The van der Waals surface area contributed by atoms with Gasteiger partial charge in [0.25, 0.3) is 0 Å². The van der Waals surface area contributed by atoms with Crippen molar-refractivity contribution in [2.24, 2.45) is 0 Å². The van der Waals surface area contributed by atoms with Crippen LogP contribution in [-0.2, 0) is 16.1 Å². The summed E-state index contributed by atoms with van der Waals surface area (Å²) in [6.45, 7) is 4.46. The largest absolute Gasteiger partial charge is 0.323 e. The number of hydrogen-bond donors (Lipinski definition) is 1. The molecule has 2 aromatic rings. The van der Waals surface area contributed by atoms with E-state index in [1.807, 2.05) is 43.3 Å². The molecular weight excluding hydrogens is 370 g/mol. The van der Waals surface area contributed by atoms with E-state index in [9.17, 15) is 9.59 Å². The summed E-state index contributed by atoms with van der Waals surface area (Å²) in [5.41, 5.74) is 1.46. The van der Waals surface area contributed by atoms with Crippen LogP contribution in [0.25, 0.3) is 0 Å². The van der Waals surface area contributed by atoms with Gasteiger partial charge < -0.3 is 10.2 Å². The molecule has 1 saturated heterocycles. The minimum absolute atomic E-state index is 0.0893. The molecule has 1 aromatic heterocycles. The first-order chi connectivity index (χ1) is 12.6. The summed E-state index contributed by atoms with van der Waals surface area (Å²) in [6, 6.07) is 11.3. The second kappa shape index (κ2) is 8.66. The van der Waals surface area contributed by atoms with E-state index >= 15 is 0 Å². The van der Waals surface area contributed by atoms with E-state index in [0.29, 0.717) is 25.2 Å². The van der Waals surface area contributed by atoms with Gasteiger partial charge in [-0.05, 0) is 37.2 Å². The van der Waals surface area contributed by atoms with Crippen LogP contribution in [0.4, 0.5) is 11.4 Å². The molecule has 0 spiro atoms. The molecule has 1 N–H and O–H groups in total. The highest BCUT2D eigenvalue weighted by atomic mass is 35.5. The second-order valence-electron chi connectivity index (χ2n) is 6.22. The zero-order valence-corrected chi connectivity index (χ0v) is 16.3. The predicted octanol–water partition coefficient (Wildman–Crippen LogP) is 3.99. The molecule has 0 aliphatic carbocycles. The number of benzene rings is 1. The van der Waals surface area contributed by atoms with Gasteiger partial charge in [0.2, 0.25) is 11.8 Å². The molecule has 1 aliphatic heterocycles. The number of carbonyl (C=O) groups excluding carboxylic acids is 2. The molecule has 0 unspecified atom stereocenters. The number of halogens is 1. The van der Waals surface area contributed by atoms with Gasteiger partial charge in [0.05, 0.1) is 22.3 Å². The number of carbonyl (C=O) groups is 2. The highest BCUT2D eigenvalue weighted by Gasteiger charge is 2.24. The van der Waals surface area contributed by atoms with Gasteiger partial charge in [-0.25, -0.2) is 0 Å². The van der Waals surface area contributed by atoms with Crippen LogP contribution in [0.15, 0.2) is 36.4 Å². The highest BCUT2D eigenvalue weighted by Crippen LogP contribution is 2.29. The number of hydrogen-bond acceptors (Lipinski definition) is 4. The van der Waals surface area contributed by atoms with E-state index in [4.69, 9.17) is 11.6 Å². The van der Waals surface area contributed by atoms with Crippen LogP contribution in [0.5, 0.6) is 0 Å². The van der Waals surface area contributed by atoms with Crippen LogP contribution in [0, 0.1) is 0 Å². The van der Waals surface area contributed by atoms with Crippen molar-refractivity contribution in [3.63, 3.8) is 0 Å². The van der Waals surface area contributed by atoms with Crippen molar-refractivity contribution in [1.29, 1.82) is 0 Å². The molecule has 1 aromatic carbocycles. The van der Waals surface area contributed by atoms with Crippen molar-refractivity contribution in [1.82, 2.24) is 4.90 Å². The Kier molecular flexibility index (Phi) is 6.29. The maximum atomic E-state index is 12.5. The monoisotopic (exact) mass is 391 g/mol. The first-order valence-corrected chi connectivity index (χ1v) is 9.92. The normalized spacial score (nSPS) is 14.3. The summed E-state index contributed by atoms with van der Waals surface area (Å²) in [7, 11) is 0. The van der Waals surface area contributed by atoms with Gasteiger partial charge in [-0.3, -0.25) is 14.5 Å². The summed E-state index contributed by atoms with van der Waals surface area (Å²) in [4.78, 5) is 29.5. The number of amides is 2. The summed E-state index contributed by atoms with van der Waals surface area (Å²) >= 11 is 7.51. The Morgan fingerprint density at radius 1 is 1.31 bits per heavy atom. The third-order valence-electron chi connectivity index (χ3n) is 4.37. The Balaban J connectivity index is 1.65. The molecule has 0 radical (unpaired) electrons. The first kappa shape index (κ1) is 18.9. The van der Waals surface area contributed by atoms with Crippen LogP contribution in [0.2, 0.25) is 4.34 Å². The minimum atomic E-state index is -0.0893. The Morgan fingerprint density at radius 2 is 2.12 bits per heavy atom. The molecule has 5 nitrogen and oxygen atoms in total. The Labute approximate surface area is 162 Å². The lowest BCUT2D eigenvalue weighted by molar-refractivity contribution is -0.118. The van der Waals surface area contributed by atoms with E-state index in [2.05, 4.69) is 10.2 Å². The number of nitrogens with zero attached hydrogens (tertiary/aromatic N) is 2. The van der Waals surface area contributed by atoms with Gasteiger partial charge in [0, 0.05) is 24.4 Å². The molecule has 3 rings (SSSR count). The van der Waals surface area contributed by atoms with Crippen LogP contribution in [0.1, 0.15) is 24.6 Å². The highest BCUT2D eigenvalue weighted by molar-refractivity contribution is 7.16. The first-order valence-electron chi connectivity index (χ1n) is 8.72. The zero-order chi connectivity index (χ0) is 18.5. The molecule has 0 bridgehead atoms. The Morgan fingerprint density at radius 3 is 2.77 bits per heavy atom. The van der Waals surface area contributed by atoms with E-state index in [-0.39, 0.29) is 18.4 Å².